The molecule has 35 heavy (non-hydrogen) atoms. The Labute approximate surface area is 202 Å². The molecule has 0 N–H and O–H groups in total. The first-order chi connectivity index (χ1) is 16.3. The number of rotatable bonds is 6. The molecular weight excluding hydrogens is 517 g/mol. The van der Waals surface area contributed by atoms with E-state index in [-0.39, 0.29) is 28.0 Å². The fourth-order valence-corrected chi connectivity index (χ4v) is 5.54. The number of carbonyl (C=O) groups is 2. The molecule has 2 aromatic carbocycles. The molecule has 0 aliphatic carbocycles. The second-order valence-electron chi connectivity index (χ2n) is 7.55. The van der Waals surface area contributed by atoms with E-state index < -0.39 is 55.6 Å². The van der Waals surface area contributed by atoms with Crippen LogP contribution in [0.25, 0.3) is 0 Å². The minimum Gasteiger partial charge on any atom is -0.456 e. The number of amides is 1. The zero-order valence-electron chi connectivity index (χ0n) is 18.0. The summed E-state index contributed by atoms with van der Waals surface area (Å²) in [6, 6.07) is 5.29. The van der Waals surface area contributed by atoms with Gasteiger partial charge in [-0.1, -0.05) is 11.6 Å². The van der Waals surface area contributed by atoms with Gasteiger partial charge in [0, 0.05) is 23.6 Å². The molecule has 0 saturated carbocycles. The Morgan fingerprint density at radius 1 is 1.17 bits per heavy atom. The highest BCUT2D eigenvalue weighted by Gasteiger charge is 2.31. The molecule has 9 nitrogen and oxygen atoms in total. The molecule has 0 spiro atoms. The van der Waals surface area contributed by atoms with Crippen molar-refractivity contribution in [1.29, 1.82) is 0 Å². The van der Waals surface area contributed by atoms with Gasteiger partial charge in [0.15, 0.2) is 6.10 Å². The van der Waals surface area contributed by atoms with Crippen LogP contribution in [0.3, 0.4) is 0 Å². The van der Waals surface area contributed by atoms with Gasteiger partial charge in [-0.25, -0.2) is 9.00 Å². The summed E-state index contributed by atoms with van der Waals surface area (Å²) in [5.74, 6) is -2.03. The van der Waals surface area contributed by atoms with Crippen molar-refractivity contribution < 1.29 is 41.4 Å². The summed E-state index contributed by atoms with van der Waals surface area (Å²) in [5.41, 5.74) is -2.26. The lowest BCUT2D eigenvalue weighted by Gasteiger charge is -2.13. The van der Waals surface area contributed by atoms with Crippen LogP contribution < -0.4 is 4.74 Å². The normalized spacial score (nSPS) is 15.8. The van der Waals surface area contributed by atoms with E-state index in [0.717, 1.165) is 30.3 Å². The van der Waals surface area contributed by atoms with Gasteiger partial charge in [-0.2, -0.15) is 17.5 Å². The summed E-state index contributed by atoms with van der Waals surface area (Å²) >= 11 is 5.86. The summed E-state index contributed by atoms with van der Waals surface area (Å²) in [4.78, 5) is 35.4. The predicted octanol–water partition coefficient (Wildman–Crippen LogP) is 5.39. The molecule has 0 aromatic heterocycles. The van der Waals surface area contributed by atoms with E-state index in [0.29, 0.717) is 18.9 Å². The van der Waals surface area contributed by atoms with Crippen molar-refractivity contribution in [1.82, 2.24) is 0 Å². The number of nitro groups is 1. The van der Waals surface area contributed by atoms with Crippen LogP contribution in [0.15, 0.2) is 40.8 Å². The molecule has 0 radical (unpaired) electrons. The van der Waals surface area contributed by atoms with Crippen LogP contribution in [-0.4, -0.2) is 38.6 Å². The Morgan fingerprint density at radius 2 is 1.83 bits per heavy atom. The van der Waals surface area contributed by atoms with Crippen LogP contribution in [0.2, 0.25) is 5.02 Å². The smallest absolute Gasteiger partial charge is 0.416 e. The van der Waals surface area contributed by atoms with E-state index in [1.807, 2.05) is 0 Å². The number of hydrogen-bond acceptors (Lipinski definition) is 7. The lowest BCUT2D eigenvalue weighted by Crippen LogP contribution is -2.24. The molecular formula is C21H18ClF3N2O7S. The van der Waals surface area contributed by atoms with Crippen molar-refractivity contribution in [3.8, 4) is 11.5 Å². The van der Waals surface area contributed by atoms with Gasteiger partial charge in [-0.05, 0) is 44.0 Å². The molecule has 2 aromatic rings. The lowest BCUT2D eigenvalue weighted by molar-refractivity contribution is -0.385. The van der Waals surface area contributed by atoms with Crippen molar-refractivity contribution >= 4 is 38.9 Å². The van der Waals surface area contributed by atoms with Crippen LogP contribution >= 0.6 is 11.6 Å². The maximum absolute atomic E-state index is 12.8. The van der Waals surface area contributed by atoms with Crippen LogP contribution in [-0.2, 0) is 25.4 Å². The SMILES string of the molecule is CC(OC(=O)c1cc(Oc2ccc(C(F)(F)F)cc2Cl)ccc1[N+](=O)[O-])C(=O)N=S1(=O)CCCC1. The Bertz CT molecular complexity index is 1290. The molecule has 1 saturated heterocycles. The van der Waals surface area contributed by atoms with Gasteiger partial charge in [0.25, 0.3) is 11.6 Å². The van der Waals surface area contributed by atoms with Crippen molar-refractivity contribution in [2.24, 2.45) is 4.36 Å². The summed E-state index contributed by atoms with van der Waals surface area (Å²) in [6.07, 6.45) is -4.77. The standard InChI is InChI=1S/C21H18ClF3N2O7S/c1-12(19(28)26-35(32)8-2-3-9-35)33-20(29)15-11-14(5-6-17(15)27(30)31)34-18-7-4-13(10-16(18)22)21(23,24)25/h4-7,10-12H,2-3,8-9H2,1H3. The third-order valence-corrected chi connectivity index (χ3v) is 7.60. The van der Waals surface area contributed by atoms with Crippen LogP contribution in [0.5, 0.6) is 11.5 Å². The number of hydrogen-bond donors (Lipinski definition) is 0. The number of ether oxygens (including phenoxy) is 2. The third kappa shape index (κ3) is 6.48. The van der Waals surface area contributed by atoms with Crippen molar-refractivity contribution in [2.45, 2.75) is 32.0 Å². The van der Waals surface area contributed by atoms with Crippen molar-refractivity contribution in [3.05, 3.63) is 62.7 Å². The zero-order chi connectivity index (χ0) is 26.0. The molecule has 1 heterocycles. The first-order valence-electron chi connectivity index (χ1n) is 10.1. The average Bonchev–Trinajstić information content (AvgIpc) is 3.19. The molecule has 1 amide bonds. The number of carbonyl (C=O) groups excluding carboxylic acids is 2. The van der Waals surface area contributed by atoms with E-state index in [4.69, 9.17) is 21.1 Å². The molecule has 1 atom stereocenters. The van der Waals surface area contributed by atoms with Gasteiger partial charge < -0.3 is 9.47 Å². The molecule has 1 fully saturated rings. The van der Waals surface area contributed by atoms with Gasteiger partial charge in [0.2, 0.25) is 0 Å². The van der Waals surface area contributed by atoms with E-state index in [2.05, 4.69) is 4.36 Å². The molecule has 14 heteroatoms. The highest BCUT2D eigenvalue weighted by molar-refractivity contribution is 7.94. The van der Waals surface area contributed by atoms with Gasteiger partial charge in [0.05, 0.1) is 25.2 Å². The van der Waals surface area contributed by atoms with Crippen LogP contribution in [0.4, 0.5) is 18.9 Å². The second-order valence-corrected chi connectivity index (χ2v) is 10.5. The molecule has 0 bridgehead atoms. The highest BCUT2D eigenvalue weighted by Crippen LogP contribution is 2.37. The molecule has 3 rings (SSSR count). The minimum atomic E-state index is -4.63. The number of nitrogens with zero attached hydrogens (tertiary/aromatic N) is 2. The van der Waals surface area contributed by atoms with Crippen molar-refractivity contribution in [3.63, 3.8) is 0 Å². The van der Waals surface area contributed by atoms with E-state index in [1.165, 1.54) is 6.92 Å². The van der Waals surface area contributed by atoms with Crippen molar-refractivity contribution in [2.75, 3.05) is 11.5 Å². The number of alkyl halides is 3. The van der Waals surface area contributed by atoms with Gasteiger partial charge in [-0.3, -0.25) is 14.9 Å². The van der Waals surface area contributed by atoms with Gasteiger partial charge in [-0.15, -0.1) is 0 Å². The van der Waals surface area contributed by atoms with E-state index >= 15 is 0 Å². The average molecular weight is 535 g/mol. The number of benzene rings is 2. The zero-order valence-corrected chi connectivity index (χ0v) is 19.6. The Hall–Kier alpha value is -3.19. The minimum absolute atomic E-state index is 0.165. The molecule has 1 aliphatic heterocycles. The fourth-order valence-electron chi connectivity index (χ4n) is 3.15. The van der Waals surface area contributed by atoms with Crippen LogP contribution in [0.1, 0.15) is 35.7 Å². The molecule has 188 valence electrons. The Morgan fingerprint density at radius 3 is 2.40 bits per heavy atom. The van der Waals surface area contributed by atoms with E-state index in [9.17, 15) is 37.1 Å². The summed E-state index contributed by atoms with van der Waals surface area (Å²) < 4.78 is 65.0. The molecule has 1 aliphatic rings. The quantitative estimate of drug-likeness (QED) is 0.276. The van der Waals surface area contributed by atoms with Gasteiger partial charge >= 0.3 is 12.1 Å². The summed E-state index contributed by atoms with van der Waals surface area (Å²) in [6.45, 7) is 1.19. The fraction of sp³-hybridized carbons (Fsp3) is 0.333. The summed E-state index contributed by atoms with van der Waals surface area (Å²) in [5, 5.41) is 11.0. The topological polar surface area (TPSA) is 125 Å². The van der Waals surface area contributed by atoms with Crippen LogP contribution in [0, 0.1) is 10.1 Å². The Kier molecular flexibility index (Phi) is 7.70. The van der Waals surface area contributed by atoms with E-state index in [1.54, 1.807) is 0 Å². The monoisotopic (exact) mass is 534 g/mol. The second kappa shape index (κ2) is 10.2. The number of halogens is 4. The Balaban J connectivity index is 1.84. The lowest BCUT2D eigenvalue weighted by atomic mass is 10.1. The van der Waals surface area contributed by atoms with Gasteiger partial charge in [0.1, 0.15) is 17.1 Å². The first-order valence-corrected chi connectivity index (χ1v) is 12.3. The summed E-state index contributed by atoms with van der Waals surface area (Å²) in [7, 11) is -2.70. The number of nitro benzene ring substituents is 1. The molecule has 1 unspecified atom stereocenters. The highest BCUT2D eigenvalue weighted by atomic mass is 35.5. The largest absolute Gasteiger partial charge is 0.456 e. The predicted molar refractivity (Wildman–Crippen MR) is 119 cm³/mol. The maximum atomic E-state index is 12.8. The number of esters is 1. The third-order valence-electron chi connectivity index (χ3n) is 4.94. The first kappa shape index (κ1) is 26.4. The maximum Gasteiger partial charge on any atom is 0.416 e.